The fourth-order valence-electron chi connectivity index (χ4n) is 4.62. The van der Waals surface area contributed by atoms with E-state index in [1.54, 1.807) is 11.0 Å². The lowest BCUT2D eigenvalue weighted by atomic mass is 10.0. The number of aldehydes is 1. The molecule has 0 spiro atoms. The van der Waals surface area contributed by atoms with Crippen molar-refractivity contribution in [2.24, 2.45) is 0 Å². The van der Waals surface area contributed by atoms with E-state index in [0.717, 1.165) is 42.7 Å². The molecule has 0 N–H and O–H groups in total. The third-order valence-electron chi connectivity index (χ3n) is 6.01. The number of hydrogen-bond donors (Lipinski definition) is 0. The normalized spacial score (nSPS) is 21.3. The molecule has 29 heavy (non-hydrogen) atoms. The van der Waals surface area contributed by atoms with E-state index in [1.807, 2.05) is 30.3 Å². The summed E-state index contributed by atoms with van der Waals surface area (Å²) in [5.74, 6) is 0.334. The summed E-state index contributed by atoms with van der Waals surface area (Å²) in [7, 11) is -3.09. The zero-order valence-electron chi connectivity index (χ0n) is 16.2. The Morgan fingerprint density at radius 3 is 2.52 bits per heavy atom. The second kappa shape index (κ2) is 8.14. The molecule has 0 radical (unpaired) electrons. The molecule has 1 atom stereocenters. The zero-order chi connectivity index (χ0) is 20.4. The van der Waals surface area contributed by atoms with Gasteiger partial charge in [-0.15, -0.1) is 0 Å². The van der Waals surface area contributed by atoms with Crippen LogP contribution < -0.4 is 4.74 Å². The number of fused-ring (bicyclic) bond motifs is 1. The Labute approximate surface area is 170 Å². The van der Waals surface area contributed by atoms with Gasteiger partial charge in [0.2, 0.25) is 0 Å². The van der Waals surface area contributed by atoms with Crippen LogP contribution in [0.3, 0.4) is 0 Å². The van der Waals surface area contributed by atoms with Gasteiger partial charge < -0.3 is 9.64 Å². The maximum atomic E-state index is 13.1. The minimum atomic E-state index is -3.09. The van der Waals surface area contributed by atoms with E-state index in [9.17, 15) is 18.0 Å². The fraction of sp³-hybridized carbons (Fsp3) is 0.455. The third kappa shape index (κ3) is 4.15. The Kier molecular flexibility index (Phi) is 5.58. The van der Waals surface area contributed by atoms with Gasteiger partial charge in [0.1, 0.15) is 5.75 Å². The fourth-order valence-corrected chi connectivity index (χ4v) is 6.33. The summed E-state index contributed by atoms with van der Waals surface area (Å²) in [6, 6.07) is 10.9. The summed E-state index contributed by atoms with van der Waals surface area (Å²) < 4.78 is 29.7. The highest BCUT2D eigenvalue weighted by molar-refractivity contribution is 7.91. The minimum absolute atomic E-state index is 0.0325. The van der Waals surface area contributed by atoms with Gasteiger partial charge in [0.05, 0.1) is 17.1 Å². The molecule has 2 aromatic rings. The third-order valence-corrected chi connectivity index (χ3v) is 7.76. The molecular formula is C22H25NO5S. The van der Waals surface area contributed by atoms with Crippen molar-refractivity contribution in [3.05, 3.63) is 42.0 Å². The average Bonchev–Trinajstić information content (AvgIpc) is 3.36. The number of ether oxygens (including phenoxy) is 1. The summed E-state index contributed by atoms with van der Waals surface area (Å²) in [5, 5.41) is 1.71. The molecule has 1 amide bonds. The molecule has 0 bridgehead atoms. The lowest BCUT2D eigenvalue weighted by Gasteiger charge is -2.34. The van der Waals surface area contributed by atoms with Crippen molar-refractivity contribution in [1.29, 1.82) is 0 Å². The lowest BCUT2D eigenvalue weighted by molar-refractivity contribution is -0.137. The van der Waals surface area contributed by atoms with E-state index in [2.05, 4.69) is 0 Å². The second-order valence-corrected chi connectivity index (χ2v) is 10.1. The largest absolute Gasteiger partial charge is 0.483 e. The van der Waals surface area contributed by atoms with E-state index >= 15 is 0 Å². The van der Waals surface area contributed by atoms with Gasteiger partial charge in [0.25, 0.3) is 5.91 Å². The highest BCUT2D eigenvalue weighted by Gasteiger charge is 2.39. The number of benzene rings is 2. The summed E-state index contributed by atoms with van der Waals surface area (Å²) in [6.07, 6.45) is 5.14. The van der Waals surface area contributed by atoms with Crippen LogP contribution in [0.25, 0.3) is 10.8 Å². The molecule has 7 heteroatoms. The molecule has 1 heterocycles. The van der Waals surface area contributed by atoms with Crippen molar-refractivity contribution < 1.29 is 22.7 Å². The van der Waals surface area contributed by atoms with Crippen LogP contribution in [0.5, 0.6) is 5.75 Å². The van der Waals surface area contributed by atoms with Gasteiger partial charge in [-0.25, -0.2) is 8.42 Å². The van der Waals surface area contributed by atoms with Gasteiger partial charge in [0.15, 0.2) is 22.7 Å². The molecular weight excluding hydrogens is 390 g/mol. The maximum absolute atomic E-state index is 13.1. The van der Waals surface area contributed by atoms with Crippen LogP contribution in [0.15, 0.2) is 36.4 Å². The highest BCUT2D eigenvalue weighted by Crippen LogP contribution is 2.30. The van der Waals surface area contributed by atoms with Crippen LogP contribution in [-0.2, 0) is 14.6 Å². The van der Waals surface area contributed by atoms with E-state index in [-0.39, 0.29) is 36.1 Å². The zero-order valence-corrected chi connectivity index (χ0v) is 17.1. The van der Waals surface area contributed by atoms with E-state index in [4.69, 9.17) is 4.74 Å². The molecule has 4 rings (SSSR count). The molecule has 154 valence electrons. The molecule has 2 aromatic carbocycles. The first-order chi connectivity index (χ1) is 14.0. The quantitative estimate of drug-likeness (QED) is 0.678. The number of carbonyl (C=O) groups is 2. The summed E-state index contributed by atoms with van der Waals surface area (Å²) >= 11 is 0. The number of nitrogens with zero attached hydrogens (tertiary/aromatic N) is 1. The van der Waals surface area contributed by atoms with Crippen LogP contribution in [0.1, 0.15) is 42.5 Å². The van der Waals surface area contributed by atoms with Gasteiger partial charge >= 0.3 is 0 Å². The maximum Gasteiger partial charge on any atom is 0.261 e. The van der Waals surface area contributed by atoms with Crippen LogP contribution >= 0.6 is 0 Å². The number of rotatable bonds is 6. The van der Waals surface area contributed by atoms with Crippen molar-refractivity contribution >= 4 is 32.8 Å². The van der Waals surface area contributed by atoms with Crippen LogP contribution in [0.2, 0.25) is 0 Å². The lowest BCUT2D eigenvalue weighted by Crippen LogP contribution is -2.48. The number of carbonyl (C=O) groups excluding carboxylic acids is 2. The van der Waals surface area contributed by atoms with Crippen LogP contribution in [0, 0.1) is 0 Å². The predicted molar refractivity (Wildman–Crippen MR) is 111 cm³/mol. The monoisotopic (exact) mass is 415 g/mol. The number of sulfone groups is 1. The Bertz CT molecular complexity index is 1030. The molecule has 2 aliphatic rings. The van der Waals surface area contributed by atoms with Gasteiger partial charge in [-0.3, -0.25) is 9.59 Å². The SMILES string of the molecule is O=Cc1c(OCC(=O)N(C2CCCC2)[C@H]2CCS(=O)(=O)C2)ccc2ccccc12. The summed E-state index contributed by atoms with van der Waals surface area (Å²) in [5.41, 5.74) is 0.423. The van der Waals surface area contributed by atoms with E-state index in [0.29, 0.717) is 17.7 Å². The standard InChI is InChI=1S/C22H25NO5S/c24-13-20-19-8-4-1-5-16(19)9-10-21(20)28-14-22(25)23(17-6-2-3-7-17)18-11-12-29(26,27)15-18/h1,4-5,8-10,13,17-18H,2-3,6-7,11-12,14-15H2/t18-/m0/s1. The van der Waals surface area contributed by atoms with Gasteiger partial charge in [0, 0.05) is 12.1 Å². The molecule has 6 nitrogen and oxygen atoms in total. The highest BCUT2D eigenvalue weighted by atomic mass is 32.2. The first-order valence-corrected chi connectivity index (χ1v) is 11.9. The minimum Gasteiger partial charge on any atom is -0.483 e. The van der Waals surface area contributed by atoms with Crippen molar-refractivity contribution in [3.63, 3.8) is 0 Å². The Morgan fingerprint density at radius 1 is 1.07 bits per heavy atom. The molecule has 1 saturated carbocycles. The molecule has 0 unspecified atom stereocenters. The summed E-state index contributed by atoms with van der Waals surface area (Å²) in [6.45, 7) is -0.202. The Morgan fingerprint density at radius 2 is 1.83 bits per heavy atom. The van der Waals surface area contributed by atoms with Crippen molar-refractivity contribution in [2.45, 2.75) is 44.2 Å². The van der Waals surface area contributed by atoms with Crippen molar-refractivity contribution in [3.8, 4) is 5.75 Å². The van der Waals surface area contributed by atoms with E-state index < -0.39 is 9.84 Å². The van der Waals surface area contributed by atoms with Crippen LogP contribution in [0.4, 0.5) is 0 Å². The first kappa shape index (κ1) is 19.9. The van der Waals surface area contributed by atoms with Gasteiger partial charge in [-0.1, -0.05) is 43.2 Å². The van der Waals surface area contributed by atoms with Crippen molar-refractivity contribution in [2.75, 3.05) is 18.1 Å². The second-order valence-electron chi connectivity index (χ2n) is 7.90. The topological polar surface area (TPSA) is 80.8 Å². The number of hydrogen-bond acceptors (Lipinski definition) is 5. The number of amides is 1. The molecule has 1 aliphatic heterocycles. The first-order valence-electron chi connectivity index (χ1n) is 10.1. The molecule has 0 aromatic heterocycles. The smallest absolute Gasteiger partial charge is 0.261 e. The van der Waals surface area contributed by atoms with Crippen molar-refractivity contribution in [1.82, 2.24) is 4.90 Å². The van der Waals surface area contributed by atoms with Gasteiger partial charge in [-0.05, 0) is 36.1 Å². The molecule has 1 saturated heterocycles. The Hall–Kier alpha value is -2.41. The average molecular weight is 416 g/mol. The molecule has 1 aliphatic carbocycles. The summed E-state index contributed by atoms with van der Waals surface area (Å²) in [4.78, 5) is 26.5. The molecule has 2 fully saturated rings. The Balaban J connectivity index is 1.54. The predicted octanol–water partition coefficient (Wildman–Crippen LogP) is 2.99. The van der Waals surface area contributed by atoms with E-state index in [1.165, 1.54) is 0 Å². The van der Waals surface area contributed by atoms with Crippen LogP contribution in [-0.4, -0.2) is 55.7 Å². The van der Waals surface area contributed by atoms with Gasteiger partial charge in [-0.2, -0.15) is 0 Å².